The van der Waals surface area contributed by atoms with Crippen LogP contribution in [0.15, 0.2) is 18.5 Å². The van der Waals surface area contributed by atoms with E-state index in [0.717, 1.165) is 25.7 Å². The van der Waals surface area contributed by atoms with Gasteiger partial charge in [0.25, 0.3) is 0 Å². The van der Waals surface area contributed by atoms with E-state index >= 15 is 0 Å². The number of carbonyl (C=O) groups is 1. The van der Waals surface area contributed by atoms with Crippen molar-refractivity contribution in [2.24, 2.45) is 0 Å². The summed E-state index contributed by atoms with van der Waals surface area (Å²) in [4.78, 5) is 18.4. The molecule has 0 amide bonds. The molecule has 2 saturated heterocycles. The van der Waals surface area contributed by atoms with E-state index in [1.165, 1.54) is 17.7 Å². The van der Waals surface area contributed by atoms with Gasteiger partial charge in [-0.25, -0.2) is 0 Å². The lowest BCUT2D eigenvalue weighted by Crippen LogP contribution is -2.52. The lowest BCUT2D eigenvalue weighted by atomic mass is 9.83. The summed E-state index contributed by atoms with van der Waals surface area (Å²) >= 11 is 0. The van der Waals surface area contributed by atoms with Crippen LogP contribution in [0.25, 0.3) is 0 Å². The second-order valence-corrected chi connectivity index (χ2v) is 5.31. The Bertz CT molecular complexity index is 428. The minimum Gasteiger partial charge on any atom is -0.363 e. The third kappa shape index (κ3) is 1.94. The molecule has 3 heteroatoms. The van der Waals surface area contributed by atoms with E-state index in [9.17, 15) is 4.79 Å². The molecule has 0 radical (unpaired) electrons. The molecular weight excluding hydrogens is 212 g/mol. The van der Waals surface area contributed by atoms with Crippen LogP contribution in [0.5, 0.6) is 0 Å². The van der Waals surface area contributed by atoms with Gasteiger partial charge < -0.3 is 4.90 Å². The molecule has 17 heavy (non-hydrogen) atoms. The van der Waals surface area contributed by atoms with Crippen molar-refractivity contribution in [1.29, 1.82) is 0 Å². The fourth-order valence-corrected chi connectivity index (χ4v) is 3.28. The summed E-state index contributed by atoms with van der Waals surface area (Å²) in [5, 5.41) is 0. The zero-order chi connectivity index (χ0) is 11.8. The van der Waals surface area contributed by atoms with Crippen LogP contribution in [0.4, 0.5) is 5.69 Å². The van der Waals surface area contributed by atoms with E-state index < -0.39 is 0 Å². The highest BCUT2D eigenvalue weighted by Crippen LogP contribution is 2.36. The molecule has 2 unspecified atom stereocenters. The quantitative estimate of drug-likeness (QED) is 0.743. The Morgan fingerprint density at radius 1 is 1.24 bits per heavy atom. The summed E-state index contributed by atoms with van der Waals surface area (Å²) in [7, 11) is 0. The Labute approximate surface area is 102 Å². The summed E-state index contributed by atoms with van der Waals surface area (Å²) < 4.78 is 0. The minimum absolute atomic E-state index is 0.415. The van der Waals surface area contributed by atoms with Crippen LogP contribution in [0.1, 0.15) is 37.7 Å². The smallest absolute Gasteiger partial charge is 0.137 e. The molecule has 0 spiro atoms. The van der Waals surface area contributed by atoms with Crippen molar-refractivity contribution in [2.75, 3.05) is 4.90 Å². The van der Waals surface area contributed by atoms with E-state index in [4.69, 9.17) is 0 Å². The largest absolute Gasteiger partial charge is 0.363 e. The molecule has 90 valence electrons. The predicted octanol–water partition coefficient (Wildman–Crippen LogP) is 2.48. The summed E-state index contributed by atoms with van der Waals surface area (Å²) in [6.07, 6.45) is 8.84. The van der Waals surface area contributed by atoms with Crippen molar-refractivity contribution < 1.29 is 4.79 Å². The van der Waals surface area contributed by atoms with Gasteiger partial charge in [-0.2, -0.15) is 0 Å². The van der Waals surface area contributed by atoms with E-state index in [2.05, 4.69) is 22.9 Å². The fraction of sp³-hybridized carbons (Fsp3) is 0.571. The van der Waals surface area contributed by atoms with Crippen molar-refractivity contribution in [3.63, 3.8) is 0 Å². The van der Waals surface area contributed by atoms with Crippen molar-refractivity contribution in [1.82, 2.24) is 4.98 Å². The number of ketones is 1. The number of nitrogens with zero attached hydrogens (tertiary/aromatic N) is 2. The Morgan fingerprint density at radius 2 is 1.94 bits per heavy atom. The van der Waals surface area contributed by atoms with Crippen LogP contribution < -0.4 is 4.90 Å². The first-order chi connectivity index (χ1) is 8.24. The van der Waals surface area contributed by atoms with Gasteiger partial charge in [0.1, 0.15) is 5.78 Å². The van der Waals surface area contributed by atoms with Crippen molar-refractivity contribution in [3.8, 4) is 0 Å². The first kappa shape index (κ1) is 10.8. The van der Waals surface area contributed by atoms with E-state index in [1.54, 1.807) is 0 Å². The highest BCUT2D eigenvalue weighted by atomic mass is 16.1. The fourth-order valence-electron chi connectivity index (χ4n) is 3.28. The minimum atomic E-state index is 0.415. The Balaban J connectivity index is 1.94. The van der Waals surface area contributed by atoms with Gasteiger partial charge >= 0.3 is 0 Å². The number of piperidine rings is 2. The maximum Gasteiger partial charge on any atom is 0.137 e. The van der Waals surface area contributed by atoms with Crippen LogP contribution in [-0.4, -0.2) is 22.9 Å². The number of hydrogen-bond donors (Lipinski definition) is 0. The SMILES string of the molecule is Cc1cncc(N2C3CCCC2CC(=O)C3)c1. The number of rotatable bonds is 1. The Hall–Kier alpha value is -1.38. The highest BCUT2D eigenvalue weighted by molar-refractivity contribution is 5.82. The monoisotopic (exact) mass is 230 g/mol. The maximum atomic E-state index is 11.7. The summed E-state index contributed by atoms with van der Waals surface area (Å²) in [5.41, 5.74) is 2.39. The van der Waals surface area contributed by atoms with E-state index in [1.807, 2.05) is 12.4 Å². The molecule has 2 atom stereocenters. The zero-order valence-corrected chi connectivity index (χ0v) is 10.2. The first-order valence-corrected chi connectivity index (χ1v) is 6.46. The number of aryl methyl sites for hydroxylation is 1. The number of carbonyl (C=O) groups excluding carboxylic acids is 1. The maximum absolute atomic E-state index is 11.7. The molecule has 3 heterocycles. The second-order valence-electron chi connectivity index (χ2n) is 5.31. The molecule has 1 aromatic rings. The number of aromatic nitrogens is 1. The van der Waals surface area contributed by atoms with Crippen LogP contribution in [0, 0.1) is 6.92 Å². The molecule has 2 bridgehead atoms. The summed E-state index contributed by atoms with van der Waals surface area (Å²) in [6.45, 7) is 2.07. The highest BCUT2D eigenvalue weighted by Gasteiger charge is 2.37. The summed E-state index contributed by atoms with van der Waals surface area (Å²) in [6, 6.07) is 3.02. The van der Waals surface area contributed by atoms with Gasteiger partial charge in [0.2, 0.25) is 0 Å². The molecule has 0 aliphatic carbocycles. The molecule has 2 aliphatic heterocycles. The van der Waals surface area contributed by atoms with Crippen molar-refractivity contribution in [2.45, 2.75) is 51.1 Å². The van der Waals surface area contributed by atoms with Crippen LogP contribution in [-0.2, 0) is 4.79 Å². The molecular formula is C14H18N2O. The van der Waals surface area contributed by atoms with Gasteiger partial charge in [-0.15, -0.1) is 0 Å². The number of anilines is 1. The Morgan fingerprint density at radius 3 is 2.59 bits per heavy atom. The van der Waals surface area contributed by atoms with Crippen molar-refractivity contribution >= 4 is 11.5 Å². The standard InChI is InChI=1S/C14H18N2O/c1-10-5-13(9-15-8-10)16-11-3-2-4-12(16)7-14(17)6-11/h5,8-9,11-12H,2-4,6-7H2,1H3. The number of pyridine rings is 1. The summed E-state index contributed by atoms with van der Waals surface area (Å²) in [5.74, 6) is 0.441. The van der Waals surface area contributed by atoms with Gasteiger partial charge in [0.05, 0.1) is 11.9 Å². The van der Waals surface area contributed by atoms with Gasteiger partial charge in [0.15, 0.2) is 0 Å². The van der Waals surface area contributed by atoms with Gasteiger partial charge in [-0.1, -0.05) is 0 Å². The average molecular weight is 230 g/mol. The van der Waals surface area contributed by atoms with Gasteiger partial charge in [-0.05, 0) is 37.8 Å². The number of hydrogen-bond acceptors (Lipinski definition) is 3. The third-order valence-corrected chi connectivity index (χ3v) is 3.95. The molecule has 2 aliphatic rings. The van der Waals surface area contributed by atoms with Gasteiger partial charge in [-0.3, -0.25) is 9.78 Å². The third-order valence-electron chi connectivity index (χ3n) is 3.95. The topological polar surface area (TPSA) is 33.2 Å². The lowest BCUT2D eigenvalue weighted by molar-refractivity contribution is -0.121. The predicted molar refractivity (Wildman–Crippen MR) is 67.1 cm³/mol. The number of fused-ring (bicyclic) bond motifs is 2. The average Bonchev–Trinajstić information content (AvgIpc) is 2.27. The van der Waals surface area contributed by atoms with Gasteiger partial charge in [0, 0.05) is 31.1 Å². The molecule has 3 rings (SSSR count). The Kier molecular flexibility index (Phi) is 2.61. The van der Waals surface area contributed by atoms with E-state index in [-0.39, 0.29) is 0 Å². The van der Waals surface area contributed by atoms with Crippen LogP contribution in [0.2, 0.25) is 0 Å². The molecule has 0 saturated carbocycles. The molecule has 1 aromatic heterocycles. The lowest BCUT2D eigenvalue weighted by Gasteiger charge is -2.47. The normalized spacial score (nSPS) is 28.3. The number of Topliss-reactive ketones (excluding diaryl/α,β-unsaturated/α-hetero) is 1. The first-order valence-electron chi connectivity index (χ1n) is 6.46. The van der Waals surface area contributed by atoms with Crippen LogP contribution in [0.3, 0.4) is 0 Å². The zero-order valence-electron chi connectivity index (χ0n) is 10.2. The molecule has 3 nitrogen and oxygen atoms in total. The molecule has 2 fully saturated rings. The molecule has 0 N–H and O–H groups in total. The second kappa shape index (κ2) is 4.13. The molecule has 0 aromatic carbocycles. The van der Waals surface area contributed by atoms with Crippen LogP contribution >= 0.6 is 0 Å². The van der Waals surface area contributed by atoms with E-state index in [0.29, 0.717) is 17.9 Å². The van der Waals surface area contributed by atoms with Crippen molar-refractivity contribution in [3.05, 3.63) is 24.0 Å².